The predicted octanol–water partition coefficient (Wildman–Crippen LogP) is -1.17. The van der Waals surface area contributed by atoms with Gasteiger partial charge in [-0.2, -0.15) is 11.8 Å². The number of carboxylic acid groups (broad SMARTS) is 1. The van der Waals surface area contributed by atoms with Crippen LogP contribution in [-0.2, 0) is 19.2 Å². The van der Waals surface area contributed by atoms with Crippen LogP contribution in [0, 0.1) is 5.92 Å². The third-order valence-corrected chi connectivity index (χ3v) is 6.09. The Labute approximate surface area is 223 Å². The molecule has 214 valence electrons. The number of carbonyl (C=O) groups is 4. The van der Waals surface area contributed by atoms with Crippen LogP contribution in [0.25, 0.3) is 0 Å². The summed E-state index contributed by atoms with van der Waals surface area (Å²) in [7, 11) is 0. The fourth-order valence-corrected chi connectivity index (χ4v) is 3.90. The van der Waals surface area contributed by atoms with Crippen LogP contribution in [0.3, 0.4) is 0 Å². The van der Waals surface area contributed by atoms with Crippen molar-refractivity contribution >= 4 is 41.4 Å². The van der Waals surface area contributed by atoms with Crippen molar-refractivity contribution in [2.75, 3.05) is 25.1 Å². The van der Waals surface area contributed by atoms with Crippen molar-refractivity contribution in [1.29, 1.82) is 0 Å². The third kappa shape index (κ3) is 16.0. The van der Waals surface area contributed by atoms with Crippen LogP contribution in [0.4, 0.5) is 0 Å². The Kier molecular flexibility index (Phi) is 18.2. The Morgan fingerprint density at radius 3 is 1.95 bits per heavy atom. The SMILES string of the molecule is CSCCC(NC(=O)C(N)CCCCN)C(=O)NC(CCCN=C(N)N)C(=O)NC(CC(C)C)C(=O)O. The van der Waals surface area contributed by atoms with Gasteiger partial charge in [0, 0.05) is 6.54 Å². The number of nitrogens with zero attached hydrogens (tertiary/aromatic N) is 1. The fourth-order valence-electron chi connectivity index (χ4n) is 3.43. The van der Waals surface area contributed by atoms with Gasteiger partial charge in [-0.3, -0.25) is 19.4 Å². The van der Waals surface area contributed by atoms with Crippen molar-refractivity contribution in [2.24, 2.45) is 33.8 Å². The van der Waals surface area contributed by atoms with E-state index in [4.69, 9.17) is 22.9 Å². The number of hydrogen-bond acceptors (Lipinski definition) is 8. The lowest BCUT2D eigenvalue weighted by Gasteiger charge is -2.25. The Hall–Kier alpha value is -2.58. The minimum Gasteiger partial charge on any atom is -0.480 e. The molecule has 0 saturated carbocycles. The molecule has 0 bridgehead atoms. The maximum Gasteiger partial charge on any atom is 0.326 e. The number of carboxylic acids is 1. The normalized spacial score (nSPS) is 14.2. The zero-order valence-electron chi connectivity index (χ0n) is 22.2. The average molecular weight is 547 g/mol. The molecular formula is C23H46N8O5S. The number of aliphatic carboxylic acids is 1. The molecule has 0 heterocycles. The van der Waals surface area contributed by atoms with Gasteiger partial charge in [-0.25, -0.2) is 4.79 Å². The van der Waals surface area contributed by atoms with E-state index in [9.17, 15) is 24.3 Å². The van der Waals surface area contributed by atoms with Gasteiger partial charge < -0.3 is 44.0 Å². The molecule has 0 aromatic heterocycles. The van der Waals surface area contributed by atoms with E-state index < -0.39 is 47.9 Å². The van der Waals surface area contributed by atoms with E-state index in [1.165, 1.54) is 11.8 Å². The number of unbranched alkanes of at least 4 members (excludes halogenated alkanes) is 1. The second kappa shape index (κ2) is 19.5. The first-order valence-electron chi connectivity index (χ1n) is 12.6. The zero-order chi connectivity index (χ0) is 28.4. The van der Waals surface area contributed by atoms with Crippen LogP contribution >= 0.6 is 11.8 Å². The van der Waals surface area contributed by atoms with E-state index in [0.717, 1.165) is 6.42 Å². The van der Waals surface area contributed by atoms with Gasteiger partial charge in [0.05, 0.1) is 6.04 Å². The minimum atomic E-state index is -1.17. The number of guanidine groups is 1. The molecule has 0 radical (unpaired) electrons. The summed E-state index contributed by atoms with van der Waals surface area (Å²) in [6.07, 6.45) is 4.79. The number of rotatable bonds is 20. The molecule has 14 heteroatoms. The van der Waals surface area contributed by atoms with Gasteiger partial charge in [0.15, 0.2) is 5.96 Å². The smallest absolute Gasteiger partial charge is 0.326 e. The summed E-state index contributed by atoms with van der Waals surface area (Å²) < 4.78 is 0. The molecule has 0 aromatic rings. The summed E-state index contributed by atoms with van der Waals surface area (Å²) in [5.41, 5.74) is 22.1. The van der Waals surface area contributed by atoms with Gasteiger partial charge in [0.25, 0.3) is 0 Å². The van der Waals surface area contributed by atoms with Crippen molar-refractivity contribution in [3.8, 4) is 0 Å². The first-order valence-corrected chi connectivity index (χ1v) is 14.0. The van der Waals surface area contributed by atoms with Gasteiger partial charge in [-0.1, -0.05) is 20.3 Å². The first kappa shape index (κ1) is 34.4. The summed E-state index contributed by atoms with van der Waals surface area (Å²) in [5.74, 6) is -2.32. The summed E-state index contributed by atoms with van der Waals surface area (Å²) in [4.78, 5) is 54.3. The van der Waals surface area contributed by atoms with E-state index in [-0.39, 0.29) is 31.3 Å². The second-order valence-electron chi connectivity index (χ2n) is 9.27. The highest BCUT2D eigenvalue weighted by Gasteiger charge is 2.30. The summed E-state index contributed by atoms with van der Waals surface area (Å²) in [6.45, 7) is 4.41. The number of nitrogens with two attached hydrogens (primary N) is 4. The molecule has 4 atom stereocenters. The van der Waals surface area contributed by atoms with Crippen LogP contribution in [-0.4, -0.2) is 84.0 Å². The van der Waals surface area contributed by atoms with Crippen molar-refractivity contribution in [1.82, 2.24) is 16.0 Å². The number of carbonyl (C=O) groups excluding carboxylic acids is 3. The van der Waals surface area contributed by atoms with Gasteiger partial charge in [0.2, 0.25) is 17.7 Å². The Bertz CT molecular complexity index is 749. The van der Waals surface area contributed by atoms with Crippen LogP contribution < -0.4 is 38.9 Å². The fraction of sp³-hybridized carbons (Fsp3) is 0.783. The monoisotopic (exact) mass is 546 g/mol. The topological polar surface area (TPSA) is 241 Å². The highest BCUT2D eigenvalue weighted by molar-refractivity contribution is 7.98. The summed E-state index contributed by atoms with van der Waals surface area (Å²) in [6, 6.07) is -3.87. The highest BCUT2D eigenvalue weighted by Crippen LogP contribution is 2.09. The lowest BCUT2D eigenvalue weighted by Crippen LogP contribution is -2.57. The molecule has 0 aliphatic rings. The minimum absolute atomic E-state index is 0.0245. The highest BCUT2D eigenvalue weighted by atomic mass is 32.2. The summed E-state index contributed by atoms with van der Waals surface area (Å²) >= 11 is 1.50. The number of aliphatic imine (C=N–C) groups is 1. The molecule has 37 heavy (non-hydrogen) atoms. The molecule has 0 saturated heterocycles. The number of nitrogens with one attached hydrogen (secondary N) is 3. The van der Waals surface area contributed by atoms with Crippen molar-refractivity contribution in [3.63, 3.8) is 0 Å². The van der Waals surface area contributed by atoms with Gasteiger partial charge in [-0.05, 0) is 63.0 Å². The predicted molar refractivity (Wildman–Crippen MR) is 147 cm³/mol. The number of hydrogen-bond donors (Lipinski definition) is 8. The second-order valence-corrected chi connectivity index (χ2v) is 10.3. The van der Waals surface area contributed by atoms with Gasteiger partial charge >= 0.3 is 5.97 Å². The van der Waals surface area contributed by atoms with E-state index >= 15 is 0 Å². The largest absolute Gasteiger partial charge is 0.480 e. The average Bonchev–Trinajstić information content (AvgIpc) is 2.82. The molecule has 12 N–H and O–H groups in total. The molecule has 13 nitrogen and oxygen atoms in total. The van der Waals surface area contributed by atoms with E-state index in [1.54, 1.807) is 0 Å². The van der Waals surface area contributed by atoms with Crippen LogP contribution in [0.5, 0.6) is 0 Å². The molecule has 0 aliphatic carbocycles. The summed E-state index contributed by atoms with van der Waals surface area (Å²) in [5, 5.41) is 17.4. The maximum atomic E-state index is 13.2. The molecule has 0 aromatic carbocycles. The quantitative estimate of drug-likeness (QED) is 0.0517. The molecule has 0 fully saturated rings. The molecule has 0 rings (SSSR count). The van der Waals surface area contributed by atoms with Crippen molar-refractivity contribution in [2.45, 2.75) is 83.0 Å². The number of thioether (sulfide) groups is 1. The van der Waals surface area contributed by atoms with Crippen molar-refractivity contribution < 1.29 is 24.3 Å². The first-order chi connectivity index (χ1) is 17.4. The molecule has 0 aliphatic heterocycles. The number of amides is 3. The van der Waals surface area contributed by atoms with E-state index in [0.29, 0.717) is 38.0 Å². The van der Waals surface area contributed by atoms with Crippen LogP contribution in [0.15, 0.2) is 4.99 Å². The Balaban J connectivity index is 5.54. The van der Waals surface area contributed by atoms with E-state index in [2.05, 4.69) is 20.9 Å². The maximum absolute atomic E-state index is 13.2. The Morgan fingerprint density at radius 1 is 0.865 bits per heavy atom. The lowest BCUT2D eigenvalue weighted by atomic mass is 10.0. The Morgan fingerprint density at radius 2 is 1.43 bits per heavy atom. The lowest BCUT2D eigenvalue weighted by molar-refractivity contribution is -0.142. The molecular weight excluding hydrogens is 500 g/mol. The standard InChI is InChI=1S/C23H46N8O5S/c1-14(2)13-18(22(35)36)31-20(33)16(8-6-11-28-23(26)27)30-21(34)17(9-12-37-3)29-19(32)15(25)7-4-5-10-24/h14-18H,4-13,24-25H2,1-3H3,(H,29,32)(H,30,34)(H,31,33)(H,35,36)(H4,26,27,28). The van der Waals surface area contributed by atoms with Gasteiger partial charge in [-0.15, -0.1) is 0 Å². The molecule has 0 spiro atoms. The molecule has 4 unspecified atom stereocenters. The third-order valence-electron chi connectivity index (χ3n) is 5.45. The van der Waals surface area contributed by atoms with Crippen molar-refractivity contribution in [3.05, 3.63) is 0 Å². The van der Waals surface area contributed by atoms with Gasteiger partial charge in [0.1, 0.15) is 18.1 Å². The zero-order valence-corrected chi connectivity index (χ0v) is 23.0. The van der Waals surface area contributed by atoms with Crippen LogP contribution in [0.2, 0.25) is 0 Å². The van der Waals surface area contributed by atoms with E-state index in [1.807, 2.05) is 20.1 Å². The van der Waals surface area contributed by atoms with Crippen LogP contribution in [0.1, 0.15) is 58.8 Å². The molecule has 3 amide bonds.